The van der Waals surface area contributed by atoms with Crippen molar-refractivity contribution in [3.05, 3.63) is 70.4 Å². The van der Waals surface area contributed by atoms with Crippen LogP contribution in [-0.4, -0.2) is 0 Å². The molecule has 0 amide bonds. The normalized spacial score (nSPS) is 12.8. The highest BCUT2D eigenvalue weighted by molar-refractivity contribution is 7.19. The van der Waals surface area contributed by atoms with Crippen LogP contribution >= 0.6 is 11.3 Å². The highest BCUT2D eigenvalue weighted by Gasteiger charge is 2.17. The minimum atomic E-state index is -0.931. The lowest BCUT2D eigenvalue weighted by Gasteiger charge is -2.14. The van der Waals surface area contributed by atoms with Crippen LogP contribution < -0.4 is 11.3 Å². The van der Waals surface area contributed by atoms with Gasteiger partial charge in [-0.2, -0.15) is 0 Å². The predicted molar refractivity (Wildman–Crippen MR) is 77.3 cm³/mol. The number of nitrogens with one attached hydrogen (secondary N) is 1. The first-order chi connectivity index (χ1) is 10.1. The molecule has 1 unspecified atom stereocenters. The monoisotopic (exact) mass is 308 g/mol. The lowest BCUT2D eigenvalue weighted by atomic mass is 10.1. The van der Waals surface area contributed by atoms with Crippen molar-refractivity contribution in [3.8, 4) is 0 Å². The Balaban J connectivity index is 2.06. The van der Waals surface area contributed by atoms with Crippen molar-refractivity contribution in [2.75, 3.05) is 0 Å². The first-order valence-electron chi connectivity index (χ1n) is 6.18. The topological polar surface area (TPSA) is 38.0 Å². The molecule has 0 fully saturated rings. The third kappa shape index (κ3) is 2.65. The molecule has 3 rings (SSSR count). The molecule has 21 heavy (non-hydrogen) atoms. The summed E-state index contributed by atoms with van der Waals surface area (Å²) in [6, 6.07) is 9.41. The molecule has 1 aromatic heterocycles. The Morgan fingerprint density at radius 1 is 0.952 bits per heavy atom. The van der Waals surface area contributed by atoms with Crippen molar-refractivity contribution in [1.82, 2.24) is 5.43 Å². The summed E-state index contributed by atoms with van der Waals surface area (Å²) in [5.74, 6) is 3.38. The number of nitrogens with two attached hydrogens (primary N) is 1. The van der Waals surface area contributed by atoms with Gasteiger partial charge in [0.2, 0.25) is 0 Å². The van der Waals surface area contributed by atoms with Crippen LogP contribution in [0.3, 0.4) is 0 Å². The van der Waals surface area contributed by atoms with Crippen molar-refractivity contribution < 1.29 is 13.2 Å². The molecule has 0 saturated heterocycles. The molecular weight excluding hydrogens is 297 g/mol. The summed E-state index contributed by atoms with van der Waals surface area (Å²) in [7, 11) is 0. The van der Waals surface area contributed by atoms with E-state index in [-0.39, 0.29) is 5.82 Å². The van der Waals surface area contributed by atoms with E-state index in [1.54, 1.807) is 12.1 Å². The molecule has 0 aliphatic carbocycles. The Morgan fingerprint density at radius 3 is 2.48 bits per heavy atom. The van der Waals surface area contributed by atoms with E-state index in [1.165, 1.54) is 29.5 Å². The molecule has 0 radical (unpaired) electrons. The standard InChI is InChI=1S/C15H11F3N2S/c16-10-2-4-13-9(5-10)7-14(21-13)15(20-19)8-1-3-11(17)12(18)6-8/h1-7,15,20H,19H2. The molecule has 1 atom stereocenters. The second-order valence-corrected chi connectivity index (χ2v) is 5.72. The molecule has 0 bridgehead atoms. The summed E-state index contributed by atoms with van der Waals surface area (Å²) >= 11 is 1.42. The van der Waals surface area contributed by atoms with Crippen LogP contribution in [0, 0.1) is 17.5 Å². The fraction of sp³-hybridized carbons (Fsp3) is 0.0667. The summed E-state index contributed by atoms with van der Waals surface area (Å²) in [4.78, 5) is 0.795. The van der Waals surface area contributed by atoms with Gasteiger partial charge in [0.05, 0.1) is 6.04 Å². The molecular formula is C15H11F3N2S. The fourth-order valence-corrected chi connectivity index (χ4v) is 3.35. The van der Waals surface area contributed by atoms with Gasteiger partial charge in [0.15, 0.2) is 11.6 Å². The van der Waals surface area contributed by atoms with Gasteiger partial charge in [0.1, 0.15) is 5.82 Å². The first-order valence-corrected chi connectivity index (χ1v) is 7.00. The van der Waals surface area contributed by atoms with Gasteiger partial charge in [-0.3, -0.25) is 5.84 Å². The average molecular weight is 308 g/mol. The Hall–Kier alpha value is -1.89. The van der Waals surface area contributed by atoms with Gasteiger partial charge in [-0.1, -0.05) is 6.07 Å². The maximum atomic E-state index is 13.4. The number of hydrogen-bond donors (Lipinski definition) is 2. The first kappa shape index (κ1) is 14.1. The Morgan fingerprint density at radius 2 is 1.76 bits per heavy atom. The third-order valence-electron chi connectivity index (χ3n) is 3.23. The van der Waals surface area contributed by atoms with E-state index in [9.17, 15) is 13.2 Å². The lowest BCUT2D eigenvalue weighted by molar-refractivity contribution is 0.504. The lowest BCUT2D eigenvalue weighted by Crippen LogP contribution is -2.28. The van der Waals surface area contributed by atoms with Crippen LogP contribution in [0.5, 0.6) is 0 Å². The zero-order chi connectivity index (χ0) is 15.0. The minimum Gasteiger partial charge on any atom is -0.271 e. The van der Waals surface area contributed by atoms with Gasteiger partial charge in [0.25, 0.3) is 0 Å². The molecule has 108 valence electrons. The second-order valence-electron chi connectivity index (χ2n) is 4.60. The zero-order valence-corrected chi connectivity index (χ0v) is 11.6. The number of halogens is 3. The SMILES string of the molecule is NNC(c1ccc(F)c(F)c1)c1cc2cc(F)ccc2s1. The van der Waals surface area contributed by atoms with E-state index in [4.69, 9.17) is 5.84 Å². The number of hydrazine groups is 1. The van der Waals surface area contributed by atoms with Gasteiger partial charge >= 0.3 is 0 Å². The van der Waals surface area contributed by atoms with Crippen LogP contribution in [0.2, 0.25) is 0 Å². The summed E-state index contributed by atoms with van der Waals surface area (Å²) in [6.45, 7) is 0. The largest absolute Gasteiger partial charge is 0.271 e. The Labute approximate surface area is 123 Å². The minimum absolute atomic E-state index is 0.322. The van der Waals surface area contributed by atoms with Crippen molar-refractivity contribution in [2.45, 2.75) is 6.04 Å². The van der Waals surface area contributed by atoms with E-state index in [0.29, 0.717) is 5.56 Å². The fourth-order valence-electron chi connectivity index (χ4n) is 2.21. The van der Waals surface area contributed by atoms with Gasteiger partial charge in [-0.05, 0) is 47.3 Å². The number of fused-ring (bicyclic) bond motifs is 1. The van der Waals surface area contributed by atoms with E-state index >= 15 is 0 Å². The Kier molecular flexibility index (Phi) is 3.67. The molecule has 3 aromatic rings. The van der Waals surface area contributed by atoms with Gasteiger partial charge < -0.3 is 0 Å². The van der Waals surface area contributed by atoms with Crippen molar-refractivity contribution >= 4 is 21.4 Å². The van der Waals surface area contributed by atoms with E-state index in [0.717, 1.165) is 27.1 Å². The molecule has 0 saturated carbocycles. The average Bonchev–Trinajstić information content (AvgIpc) is 2.86. The van der Waals surface area contributed by atoms with Crippen LogP contribution in [0.15, 0.2) is 42.5 Å². The maximum absolute atomic E-state index is 13.4. The van der Waals surface area contributed by atoms with Crippen LogP contribution in [0.25, 0.3) is 10.1 Å². The van der Waals surface area contributed by atoms with Crippen LogP contribution in [0.4, 0.5) is 13.2 Å². The van der Waals surface area contributed by atoms with Crippen molar-refractivity contribution in [2.24, 2.45) is 5.84 Å². The van der Waals surface area contributed by atoms with Crippen LogP contribution in [0.1, 0.15) is 16.5 Å². The smallest absolute Gasteiger partial charge is 0.159 e. The zero-order valence-electron chi connectivity index (χ0n) is 10.7. The quantitative estimate of drug-likeness (QED) is 0.569. The molecule has 3 N–H and O–H groups in total. The van der Waals surface area contributed by atoms with Crippen molar-refractivity contribution in [1.29, 1.82) is 0 Å². The number of rotatable bonds is 3. The molecule has 0 aliphatic rings. The highest BCUT2D eigenvalue weighted by Crippen LogP contribution is 2.33. The maximum Gasteiger partial charge on any atom is 0.159 e. The summed E-state index contributed by atoms with van der Waals surface area (Å²) in [5, 5.41) is 0.748. The number of hydrogen-bond acceptors (Lipinski definition) is 3. The molecule has 2 nitrogen and oxygen atoms in total. The molecule has 2 aromatic carbocycles. The van der Waals surface area contributed by atoms with Crippen molar-refractivity contribution in [3.63, 3.8) is 0 Å². The summed E-state index contributed by atoms with van der Waals surface area (Å²) in [6.07, 6.45) is 0. The Bertz CT molecular complexity index is 801. The van der Waals surface area contributed by atoms with E-state index in [1.807, 2.05) is 0 Å². The van der Waals surface area contributed by atoms with Gasteiger partial charge in [-0.15, -0.1) is 11.3 Å². The molecule has 0 spiro atoms. The summed E-state index contributed by atoms with van der Waals surface area (Å²) < 4.78 is 40.5. The summed E-state index contributed by atoms with van der Waals surface area (Å²) in [5.41, 5.74) is 3.09. The predicted octanol–water partition coefficient (Wildman–Crippen LogP) is 3.87. The third-order valence-corrected chi connectivity index (χ3v) is 4.41. The molecule has 6 heteroatoms. The van der Waals surface area contributed by atoms with Crippen LogP contribution in [-0.2, 0) is 0 Å². The molecule has 1 heterocycles. The highest BCUT2D eigenvalue weighted by atomic mass is 32.1. The van der Waals surface area contributed by atoms with E-state index < -0.39 is 17.7 Å². The number of benzene rings is 2. The van der Waals surface area contributed by atoms with E-state index in [2.05, 4.69) is 5.43 Å². The second kappa shape index (κ2) is 5.48. The number of thiophene rings is 1. The van der Waals surface area contributed by atoms with Gasteiger partial charge in [0, 0.05) is 9.58 Å². The molecule has 0 aliphatic heterocycles. The van der Waals surface area contributed by atoms with Gasteiger partial charge in [-0.25, -0.2) is 18.6 Å².